The van der Waals surface area contributed by atoms with Gasteiger partial charge in [-0.2, -0.15) is 0 Å². The second-order valence-electron chi connectivity index (χ2n) is 5.88. The largest absolute Gasteiger partial charge is 0.380 e. The molecule has 0 bridgehead atoms. The molecule has 0 aromatic carbocycles. The Morgan fingerprint density at radius 2 is 2.00 bits per heavy atom. The number of hydrogen-bond acceptors (Lipinski definition) is 2. The predicted molar refractivity (Wildman–Crippen MR) is 72.4 cm³/mol. The molecule has 1 aliphatic carbocycles. The first-order valence-electron chi connectivity index (χ1n) is 7.60. The normalized spacial score (nSPS) is 25.6. The molecule has 0 spiro atoms. The molecule has 3 nitrogen and oxygen atoms in total. The van der Waals surface area contributed by atoms with Gasteiger partial charge in [0.05, 0.1) is 6.10 Å². The molecule has 3 heteroatoms. The SMILES string of the molecule is COC1CCN(C(=O)CCCC2CCCCC2)C1. The first-order chi connectivity index (χ1) is 8.79. The zero-order chi connectivity index (χ0) is 12.8. The Bertz CT molecular complexity index is 261. The molecule has 104 valence electrons. The van der Waals surface area contributed by atoms with Crippen molar-refractivity contribution in [3.8, 4) is 0 Å². The lowest BCUT2D eigenvalue weighted by atomic mass is 9.86. The fourth-order valence-corrected chi connectivity index (χ4v) is 3.32. The van der Waals surface area contributed by atoms with Gasteiger partial charge in [-0.15, -0.1) is 0 Å². The Labute approximate surface area is 111 Å². The minimum absolute atomic E-state index is 0.271. The summed E-state index contributed by atoms with van der Waals surface area (Å²) in [5.41, 5.74) is 0. The molecule has 0 aromatic rings. The van der Waals surface area contributed by atoms with E-state index in [-0.39, 0.29) is 6.10 Å². The number of carbonyl (C=O) groups excluding carboxylic acids is 1. The number of ether oxygens (including phenoxy) is 1. The summed E-state index contributed by atoms with van der Waals surface area (Å²) in [7, 11) is 1.74. The van der Waals surface area contributed by atoms with Crippen LogP contribution in [0.3, 0.4) is 0 Å². The van der Waals surface area contributed by atoms with Crippen molar-refractivity contribution >= 4 is 5.91 Å². The third kappa shape index (κ3) is 3.98. The first-order valence-corrected chi connectivity index (χ1v) is 7.60. The molecule has 2 aliphatic rings. The number of likely N-dealkylation sites (tertiary alicyclic amines) is 1. The summed E-state index contributed by atoms with van der Waals surface area (Å²) < 4.78 is 5.30. The van der Waals surface area contributed by atoms with E-state index in [9.17, 15) is 4.79 Å². The average molecular weight is 253 g/mol. The maximum absolute atomic E-state index is 12.0. The highest BCUT2D eigenvalue weighted by atomic mass is 16.5. The van der Waals surface area contributed by atoms with Crippen molar-refractivity contribution in [2.45, 2.75) is 63.9 Å². The standard InChI is InChI=1S/C15H27NO2/c1-18-14-10-11-16(12-14)15(17)9-5-8-13-6-3-2-4-7-13/h13-14H,2-12H2,1H3. The maximum Gasteiger partial charge on any atom is 0.222 e. The van der Waals surface area contributed by atoms with Crippen molar-refractivity contribution in [2.75, 3.05) is 20.2 Å². The van der Waals surface area contributed by atoms with Crippen LogP contribution in [0.25, 0.3) is 0 Å². The molecule has 1 saturated carbocycles. The Balaban J connectivity index is 1.60. The number of hydrogen-bond donors (Lipinski definition) is 0. The molecule has 0 aromatic heterocycles. The number of amides is 1. The number of methoxy groups -OCH3 is 1. The summed E-state index contributed by atoms with van der Waals surface area (Å²) in [5, 5.41) is 0. The molecule has 1 heterocycles. The van der Waals surface area contributed by atoms with E-state index < -0.39 is 0 Å². The van der Waals surface area contributed by atoms with Crippen LogP contribution >= 0.6 is 0 Å². The van der Waals surface area contributed by atoms with E-state index in [0.29, 0.717) is 5.91 Å². The van der Waals surface area contributed by atoms with E-state index in [1.54, 1.807) is 7.11 Å². The van der Waals surface area contributed by atoms with Crippen molar-refractivity contribution in [2.24, 2.45) is 5.92 Å². The number of carbonyl (C=O) groups is 1. The van der Waals surface area contributed by atoms with Crippen molar-refractivity contribution in [1.29, 1.82) is 0 Å². The van der Waals surface area contributed by atoms with Crippen LogP contribution in [0.15, 0.2) is 0 Å². The Morgan fingerprint density at radius 3 is 2.67 bits per heavy atom. The molecule has 1 atom stereocenters. The topological polar surface area (TPSA) is 29.5 Å². The first kappa shape index (κ1) is 13.9. The highest BCUT2D eigenvalue weighted by Crippen LogP contribution is 2.28. The van der Waals surface area contributed by atoms with Crippen LogP contribution in [-0.4, -0.2) is 37.1 Å². The maximum atomic E-state index is 12.0. The zero-order valence-corrected chi connectivity index (χ0v) is 11.7. The smallest absolute Gasteiger partial charge is 0.222 e. The van der Waals surface area contributed by atoms with Gasteiger partial charge in [0.25, 0.3) is 0 Å². The van der Waals surface area contributed by atoms with Crippen LogP contribution in [0.1, 0.15) is 57.8 Å². The molecular formula is C15H27NO2. The highest BCUT2D eigenvalue weighted by Gasteiger charge is 2.25. The van der Waals surface area contributed by atoms with Gasteiger partial charge in [0, 0.05) is 26.6 Å². The monoisotopic (exact) mass is 253 g/mol. The summed E-state index contributed by atoms with van der Waals surface area (Å²) in [4.78, 5) is 14.0. The van der Waals surface area contributed by atoms with Crippen LogP contribution in [0.2, 0.25) is 0 Å². The summed E-state index contributed by atoms with van der Waals surface area (Å²) in [5.74, 6) is 1.24. The van der Waals surface area contributed by atoms with Gasteiger partial charge in [-0.25, -0.2) is 0 Å². The third-order valence-corrected chi connectivity index (χ3v) is 4.56. The number of nitrogens with zero attached hydrogens (tertiary/aromatic N) is 1. The Hall–Kier alpha value is -0.570. The van der Waals surface area contributed by atoms with E-state index >= 15 is 0 Å². The fraction of sp³-hybridized carbons (Fsp3) is 0.933. The number of rotatable bonds is 5. The van der Waals surface area contributed by atoms with Gasteiger partial charge in [0.1, 0.15) is 0 Å². The van der Waals surface area contributed by atoms with Gasteiger partial charge in [0.15, 0.2) is 0 Å². The molecule has 2 rings (SSSR count). The highest BCUT2D eigenvalue weighted by molar-refractivity contribution is 5.76. The summed E-state index contributed by atoms with van der Waals surface area (Å²) in [6, 6.07) is 0. The summed E-state index contributed by atoms with van der Waals surface area (Å²) >= 11 is 0. The predicted octanol–water partition coefficient (Wildman–Crippen LogP) is 2.98. The molecule has 0 radical (unpaired) electrons. The van der Waals surface area contributed by atoms with Gasteiger partial charge in [-0.3, -0.25) is 4.79 Å². The molecular weight excluding hydrogens is 226 g/mol. The molecule has 1 amide bonds. The third-order valence-electron chi connectivity index (χ3n) is 4.56. The lowest BCUT2D eigenvalue weighted by Crippen LogP contribution is -2.29. The van der Waals surface area contributed by atoms with Crippen LogP contribution in [0, 0.1) is 5.92 Å². The van der Waals surface area contributed by atoms with Crippen LogP contribution in [-0.2, 0) is 9.53 Å². The Kier molecular flexibility index (Phi) is 5.48. The Morgan fingerprint density at radius 1 is 1.22 bits per heavy atom. The van der Waals surface area contributed by atoms with Crippen molar-refractivity contribution in [1.82, 2.24) is 4.90 Å². The van der Waals surface area contributed by atoms with Gasteiger partial charge >= 0.3 is 0 Å². The van der Waals surface area contributed by atoms with Crippen LogP contribution in [0.5, 0.6) is 0 Å². The van der Waals surface area contributed by atoms with Crippen molar-refractivity contribution in [3.63, 3.8) is 0 Å². The van der Waals surface area contributed by atoms with Gasteiger partial charge < -0.3 is 9.64 Å². The quantitative estimate of drug-likeness (QED) is 0.754. The molecule has 1 aliphatic heterocycles. The molecule has 1 saturated heterocycles. The second-order valence-corrected chi connectivity index (χ2v) is 5.88. The van der Waals surface area contributed by atoms with Crippen molar-refractivity contribution < 1.29 is 9.53 Å². The van der Waals surface area contributed by atoms with Gasteiger partial charge in [-0.05, 0) is 25.2 Å². The zero-order valence-electron chi connectivity index (χ0n) is 11.7. The average Bonchev–Trinajstić information content (AvgIpc) is 2.89. The lowest BCUT2D eigenvalue weighted by molar-refractivity contribution is -0.130. The van der Waals surface area contributed by atoms with E-state index in [0.717, 1.165) is 38.3 Å². The minimum Gasteiger partial charge on any atom is -0.380 e. The van der Waals surface area contributed by atoms with E-state index in [1.165, 1.54) is 38.5 Å². The minimum atomic E-state index is 0.271. The van der Waals surface area contributed by atoms with Crippen LogP contribution < -0.4 is 0 Å². The van der Waals surface area contributed by atoms with Gasteiger partial charge in [0.2, 0.25) is 5.91 Å². The van der Waals surface area contributed by atoms with E-state index in [1.807, 2.05) is 4.90 Å². The van der Waals surface area contributed by atoms with Crippen molar-refractivity contribution in [3.05, 3.63) is 0 Å². The summed E-state index contributed by atoms with van der Waals surface area (Å²) in [6.07, 6.45) is 11.4. The molecule has 18 heavy (non-hydrogen) atoms. The molecule has 1 unspecified atom stereocenters. The second kappa shape index (κ2) is 7.13. The fourth-order valence-electron chi connectivity index (χ4n) is 3.32. The van der Waals surface area contributed by atoms with Gasteiger partial charge in [-0.1, -0.05) is 32.1 Å². The molecule has 2 fully saturated rings. The molecule has 0 N–H and O–H groups in total. The van der Waals surface area contributed by atoms with E-state index in [4.69, 9.17) is 4.74 Å². The lowest BCUT2D eigenvalue weighted by Gasteiger charge is -2.22. The van der Waals surface area contributed by atoms with Crippen LogP contribution in [0.4, 0.5) is 0 Å². The summed E-state index contributed by atoms with van der Waals surface area (Å²) in [6.45, 7) is 1.69. The van der Waals surface area contributed by atoms with E-state index in [2.05, 4.69) is 0 Å².